The summed E-state index contributed by atoms with van der Waals surface area (Å²) < 4.78 is 1.74. The van der Waals surface area contributed by atoms with Crippen molar-refractivity contribution in [2.75, 3.05) is 0 Å². The van der Waals surface area contributed by atoms with Crippen molar-refractivity contribution in [3.63, 3.8) is 0 Å². The van der Waals surface area contributed by atoms with Crippen molar-refractivity contribution in [1.29, 1.82) is 0 Å². The fourth-order valence-corrected chi connectivity index (χ4v) is 48.8. The van der Waals surface area contributed by atoms with Crippen molar-refractivity contribution in [3.05, 3.63) is 28.8 Å². The molecule has 7 heteroatoms. The van der Waals surface area contributed by atoms with Gasteiger partial charge >= 0.3 is 237 Å². The average molecular weight is 681 g/mol. The Hall–Kier alpha value is 1.31. The van der Waals surface area contributed by atoms with Gasteiger partial charge in [-0.1, -0.05) is 0 Å². The monoisotopic (exact) mass is 682 g/mol. The van der Waals surface area contributed by atoms with Crippen LogP contribution >= 0.6 is 0 Å². The van der Waals surface area contributed by atoms with Crippen molar-refractivity contribution < 1.29 is 0 Å². The molecule has 198 valence electrons. The molecule has 0 nitrogen and oxygen atoms in total. The third-order valence-electron chi connectivity index (χ3n) is 7.34. The number of rotatable bonds is 9. The van der Waals surface area contributed by atoms with Gasteiger partial charge in [-0.25, -0.2) is 0 Å². The van der Waals surface area contributed by atoms with Crippen molar-refractivity contribution in [2.24, 2.45) is 0 Å². The summed E-state index contributed by atoms with van der Waals surface area (Å²) in [5.74, 6) is 0. The van der Waals surface area contributed by atoms with Gasteiger partial charge in [0.25, 0.3) is 0 Å². The van der Waals surface area contributed by atoms with E-state index in [9.17, 15) is 0 Å². The van der Waals surface area contributed by atoms with Crippen molar-refractivity contribution >= 4 is 74.3 Å². The molecule has 0 spiro atoms. The Morgan fingerprint density at radius 3 is 0.794 bits per heavy atom. The predicted octanol–water partition coefficient (Wildman–Crippen LogP) is 8.73. The van der Waals surface area contributed by atoms with Gasteiger partial charge in [-0.3, -0.25) is 0 Å². The van der Waals surface area contributed by atoms with Gasteiger partial charge in [0.05, 0.1) is 0 Å². The summed E-state index contributed by atoms with van der Waals surface area (Å²) in [5, 5.41) is 2.46. The second-order valence-corrected chi connectivity index (χ2v) is 52.4. The topological polar surface area (TPSA) is 0 Å². The first-order valence-corrected chi connectivity index (χ1v) is 36.2. The van der Waals surface area contributed by atoms with Crippen LogP contribution in [-0.4, -0.2) is 70.7 Å². The quantitative estimate of drug-likeness (QED) is 0.229. The van der Waals surface area contributed by atoms with Crippen LogP contribution in [0.4, 0.5) is 0 Å². The molecular formula is C27H60Si6Te. The first kappa shape index (κ1) is 33.3. The molecule has 0 saturated heterocycles. The van der Waals surface area contributed by atoms with Gasteiger partial charge in [-0.2, -0.15) is 0 Å². The second kappa shape index (κ2) is 10.5. The van der Waals surface area contributed by atoms with Gasteiger partial charge < -0.3 is 0 Å². The van der Waals surface area contributed by atoms with E-state index in [4.69, 9.17) is 0 Å². The third kappa shape index (κ3) is 8.15. The normalized spacial score (nSPS) is 15.1. The Balaban J connectivity index is 4.31. The summed E-state index contributed by atoms with van der Waals surface area (Å²) in [7, 11) is -8.25. The molecule has 0 aromatic heterocycles. The number of benzene rings is 1. The molecule has 34 heavy (non-hydrogen) atoms. The van der Waals surface area contributed by atoms with Crippen LogP contribution in [0.15, 0.2) is 12.1 Å². The van der Waals surface area contributed by atoms with Gasteiger partial charge in [-0.05, 0) is 0 Å². The van der Waals surface area contributed by atoms with Crippen LogP contribution in [0.5, 0.6) is 0 Å². The molecule has 0 N–H and O–H groups in total. The van der Waals surface area contributed by atoms with E-state index in [-0.39, 0.29) is 0 Å². The Labute approximate surface area is 234 Å². The molecule has 0 amide bonds. The Bertz CT molecular complexity index is 757. The summed E-state index contributed by atoms with van der Waals surface area (Å²) in [6.45, 7) is 47.6. The molecule has 0 unspecified atom stereocenters. The zero-order chi connectivity index (χ0) is 27.5. The molecule has 0 aliphatic rings. The van der Waals surface area contributed by atoms with Gasteiger partial charge in [0.15, 0.2) is 0 Å². The molecule has 0 aliphatic heterocycles. The van der Waals surface area contributed by atoms with Crippen LogP contribution < -0.4 is 3.61 Å². The molecule has 0 radical (unpaired) electrons. The van der Waals surface area contributed by atoms with Crippen LogP contribution in [0.3, 0.4) is 0 Å². The molecule has 0 saturated carbocycles. The van der Waals surface area contributed by atoms with Gasteiger partial charge in [0.2, 0.25) is 0 Å². The first-order valence-electron chi connectivity index (χ1n) is 13.5. The van der Waals surface area contributed by atoms with E-state index in [0.717, 1.165) is 15.5 Å². The van der Waals surface area contributed by atoms with Gasteiger partial charge in [0, 0.05) is 0 Å². The van der Waals surface area contributed by atoms with E-state index in [1.165, 1.54) is 0 Å². The van der Waals surface area contributed by atoms with Crippen molar-refractivity contribution in [2.45, 2.75) is 133 Å². The fraction of sp³-hybridized carbons (Fsp3) is 0.778. The maximum absolute atomic E-state index is 2.81. The van der Waals surface area contributed by atoms with E-state index in [2.05, 4.69) is 152 Å². The third-order valence-corrected chi connectivity index (χ3v) is 36.7. The van der Waals surface area contributed by atoms with Crippen LogP contribution in [0.25, 0.3) is 0 Å². The van der Waals surface area contributed by atoms with Crippen molar-refractivity contribution in [3.8, 4) is 0 Å². The molecule has 0 aliphatic carbocycles. The zero-order valence-corrected chi connectivity index (χ0v) is 34.9. The molecule has 0 atom stereocenters. The number of hydrogen-bond donors (Lipinski definition) is 0. The standard InChI is InChI=1S/C27H60Si6Te/c1-28(2,3)25(29(4,5)6)21-19-22(26(30(7,8)9)31(10,11)12)24(34)23(20-21)27(32(13,14)15)33(16,17)18/h19-20,25-27,34H,1-18H3. The van der Waals surface area contributed by atoms with Crippen LogP contribution in [-0.2, 0) is 0 Å². The molecule has 1 rings (SSSR count). The van der Waals surface area contributed by atoms with Crippen LogP contribution in [0, 0.1) is 0 Å². The van der Waals surface area contributed by atoms with Gasteiger partial charge in [-0.15, -0.1) is 0 Å². The second-order valence-electron chi connectivity index (χ2n) is 17.5. The SMILES string of the molecule is C[Si](C)(C)C(c1cc(C([Si](C)(C)C)[Si](C)(C)C)c([TeH])c(C([Si](C)(C)C)[Si](C)(C)C)c1)[Si](C)(C)C. The Kier molecular flexibility index (Phi) is 10.3. The molecule has 0 bridgehead atoms. The molecule has 0 heterocycles. The fourth-order valence-electron chi connectivity index (χ4n) is 8.07. The van der Waals surface area contributed by atoms with Gasteiger partial charge in [0.1, 0.15) is 0 Å². The van der Waals surface area contributed by atoms with Crippen LogP contribution in [0.2, 0.25) is 118 Å². The minimum absolute atomic E-state index is 0.817. The summed E-state index contributed by atoms with van der Waals surface area (Å²) in [5.41, 5.74) is 5.37. The Morgan fingerprint density at radius 1 is 0.412 bits per heavy atom. The summed E-state index contributed by atoms with van der Waals surface area (Å²) >= 11 is 2.05. The average Bonchev–Trinajstić information content (AvgIpc) is 2.42. The Morgan fingerprint density at radius 2 is 0.618 bits per heavy atom. The summed E-state index contributed by atoms with van der Waals surface area (Å²) in [6, 6.07) is 5.62. The predicted molar refractivity (Wildman–Crippen MR) is 182 cm³/mol. The molecule has 1 aromatic carbocycles. The maximum atomic E-state index is 2.81. The van der Waals surface area contributed by atoms with E-state index < -0.39 is 48.4 Å². The van der Waals surface area contributed by atoms with E-state index in [0.29, 0.717) is 0 Å². The van der Waals surface area contributed by atoms with E-state index in [1.54, 1.807) is 9.17 Å². The minimum atomic E-state index is -1.38. The molecule has 0 fully saturated rings. The van der Waals surface area contributed by atoms with Crippen LogP contribution in [0.1, 0.15) is 32.2 Å². The van der Waals surface area contributed by atoms with E-state index >= 15 is 0 Å². The van der Waals surface area contributed by atoms with E-state index in [1.807, 2.05) is 11.1 Å². The van der Waals surface area contributed by atoms with Crippen molar-refractivity contribution in [1.82, 2.24) is 0 Å². The molecule has 1 aromatic rings. The first-order chi connectivity index (χ1) is 14.6. The number of hydrogen-bond acceptors (Lipinski definition) is 0. The summed E-state index contributed by atoms with van der Waals surface area (Å²) in [6.07, 6.45) is 0. The zero-order valence-electron chi connectivity index (χ0n) is 26.3. The summed E-state index contributed by atoms with van der Waals surface area (Å²) in [4.78, 5) is 0. The molecular weight excluding hydrogens is 620 g/mol.